The van der Waals surface area contributed by atoms with Crippen molar-refractivity contribution in [3.63, 3.8) is 0 Å². The third-order valence-electron chi connectivity index (χ3n) is 3.40. The van der Waals surface area contributed by atoms with E-state index < -0.39 is 5.54 Å². The van der Waals surface area contributed by atoms with Gasteiger partial charge in [0.05, 0.1) is 12.0 Å². The van der Waals surface area contributed by atoms with Gasteiger partial charge in [0.1, 0.15) is 5.78 Å². The van der Waals surface area contributed by atoms with E-state index in [1.165, 1.54) is 11.9 Å². The molecule has 0 aromatic rings. The molecule has 1 heterocycles. The highest BCUT2D eigenvalue weighted by molar-refractivity contribution is 6.02. The summed E-state index contributed by atoms with van der Waals surface area (Å²) in [5, 5.41) is 1.42. The minimum atomic E-state index is -0.432. The first kappa shape index (κ1) is 11.1. The molecule has 1 saturated heterocycles. The number of hydrogen-bond donors (Lipinski definition) is 1. The Kier molecular flexibility index (Phi) is 2.69. The van der Waals surface area contributed by atoms with Gasteiger partial charge < -0.3 is 0 Å². The van der Waals surface area contributed by atoms with Crippen molar-refractivity contribution in [2.75, 3.05) is 0 Å². The summed E-state index contributed by atoms with van der Waals surface area (Å²) in [7, 11) is 0. The number of carbonyl (C=O) groups excluding carboxylic acids is 3. The van der Waals surface area contributed by atoms with E-state index in [-0.39, 0.29) is 24.0 Å². The summed E-state index contributed by atoms with van der Waals surface area (Å²) in [4.78, 5) is 34.4. The molecule has 5 heteroatoms. The van der Waals surface area contributed by atoms with Crippen LogP contribution in [0.4, 0.5) is 0 Å². The average molecular weight is 224 g/mol. The first-order valence-electron chi connectivity index (χ1n) is 5.65. The Morgan fingerprint density at radius 2 is 1.94 bits per heavy atom. The van der Waals surface area contributed by atoms with Crippen LogP contribution in [-0.4, -0.2) is 28.1 Å². The number of hydrazine groups is 1. The molecule has 5 nitrogen and oxygen atoms in total. The van der Waals surface area contributed by atoms with Gasteiger partial charge in [-0.05, 0) is 12.8 Å². The van der Waals surface area contributed by atoms with Crippen molar-refractivity contribution in [3.05, 3.63) is 0 Å². The van der Waals surface area contributed by atoms with Crippen LogP contribution < -0.4 is 5.43 Å². The fourth-order valence-electron chi connectivity index (χ4n) is 2.79. The van der Waals surface area contributed by atoms with Crippen LogP contribution in [0.15, 0.2) is 0 Å². The van der Waals surface area contributed by atoms with E-state index >= 15 is 0 Å². The summed E-state index contributed by atoms with van der Waals surface area (Å²) in [6, 6.07) is 0. The number of amides is 2. The van der Waals surface area contributed by atoms with Gasteiger partial charge in [0.25, 0.3) is 0 Å². The largest absolute Gasteiger partial charge is 0.299 e. The lowest BCUT2D eigenvalue weighted by Gasteiger charge is -2.43. The summed E-state index contributed by atoms with van der Waals surface area (Å²) in [6.45, 7) is 1.38. The van der Waals surface area contributed by atoms with E-state index in [1.807, 2.05) is 0 Å². The van der Waals surface area contributed by atoms with Gasteiger partial charge in [-0.1, -0.05) is 12.8 Å². The molecule has 0 unspecified atom stereocenters. The maximum atomic E-state index is 11.8. The second kappa shape index (κ2) is 3.88. The van der Waals surface area contributed by atoms with E-state index in [0.29, 0.717) is 6.42 Å². The smallest absolute Gasteiger partial charge is 0.248 e. The monoisotopic (exact) mass is 224 g/mol. The van der Waals surface area contributed by atoms with Crippen LogP contribution in [-0.2, 0) is 14.4 Å². The lowest BCUT2D eigenvalue weighted by molar-refractivity contribution is -0.157. The molecular weight excluding hydrogens is 208 g/mol. The second-order valence-corrected chi connectivity index (χ2v) is 4.72. The molecule has 0 aromatic heterocycles. The van der Waals surface area contributed by atoms with E-state index in [2.05, 4.69) is 5.43 Å². The van der Waals surface area contributed by atoms with Gasteiger partial charge in [-0.2, -0.15) is 0 Å². The zero-order valence-electron chi connectivity index (χ0n) is 9.41. The van der Waals surface area contributed by atoms with Crippen LogP contribution in [0.2, 0.25) is 0 Å². The number of hydrogen-bond acceptors (Lipinski definition) is 3. The number of nitrogens with one attached hydrogen (secondary N) is 1. The minimum absolute atomic E-state index is 0.00602. The Labute approximate surface area is 94.1 Å². The fraction of sp³-hybridized carbons (Fsp3) is 0.727. The highest BCUT2D eigenvalue weighted by atomic mass is 16.2. The highest BCUT2D eigenvalue weighted by Crippen LogP contribution is 2.40. The van der Waals surface area contributed by atoms with E-state index in [9.17, 15) is 14.4 Å². The van der Waals surface area contributed by atoms with Gasteiger partial charge in [-0.15, -0.1) is 0 Å². The SMILES string of the molecule is CC(=O)NN1C(=O)CC(=O)CC12CCCC2. The number of Topliss-reactive ketones (excluding diaryl/α,β-unsaturated/α-hetero) is 1. The Balaban J connectivity index is 2.25. The minimum Gasteiger partial charge on any atom is -0.299 e. The molecule has 1 aliphatic heterocycles. The molecular formula is C11H16N2O3. The number of rotatable bonds is 1. The number of ketones is 1. The Hall–Kier alpha value is -1.39. The zero-order valence-corrected chi connectivity index (χ0v) is 9.41. The van der Waals surface area contributed by atoms with E-state index in [0.717, 1.165) is 25.7 Å². The summed E-state index contributed by atoms with van der Waals surface area (Å²) in [5.74, 6) is -0.532. The van der Waals surface area contributed by atoms with Gasteiger partial charge in [-0.25, -0.2) is 5.01 Å². The first-order chi connectivity index (χ1) is 7.53. The highest BCUT2D eigenvalue weighted by Gasteiger charge is 2.48. The molecule has 1 saturated carbocycles. The molecule has 2 aliphatic rings. The standard InChI is InChI=1S/C11H16N2O3/c1-8(14)12-13-10(16)6-9(15)7-11(13)4-2-3-5-11/h2-7H2,1H3,(H,12,14). The van der Waals surface area contributed by atoms with Crippen molar-refractivity contribution < 1.29 is 14.4 Å². The topological polar surface area (TPSA) is 66.5 Å². The summed E-state index contributed by atoms with van der Waals surface area (Å²) in [6.07, 6.45) is 3.95. The maximum Gasteiger partial charge on any atom is 0.248 e. The molecule has 1 N–H and O–H groups in total. The molecule has 1 spiro atoms. The van der Waals surface area contributed by atoms with Crippen molar-refractivity contribution in [1.82, 2.24) is 10.4 Å². The lowest BCUT2D eigenvalue weighted by atomic mass is 9.85. The summed E-state index contributed by atoms with van der Waals surface area (Å²) in [5.41, 5.74) is 2.14. The average Bonchev–Trinajstić information content (AvgIpc) is 2.60. The van der Waals surface area contributed by atoms with Crippen molar-refractivity contribution in [3.8, 4) is 0 Å². The van der Waals surface area contributed by atoms with Crippen molar-refractivity contribution in [2.45, 2.75) is 51.0 Å². The molecule has 1 aliphatic carbocycles. The molecule has 2 amide bonds. The van der Waals surface area contributed by atoms with Crippen LogP contribution >= 0.6 is 0 Å². The lowest BCUT2D eigenvalue weighted by Crippen LogP contribution is -2.62. The molecule has 0 bridgehead atoms. The molecule has 0 radical (unpaired) electrons. The second-order valence-electron chi connectivity index (χ2n) is 4.72. The Bertz CT molecular complexity index is 345. The third kappa shape index (κ3) is 1.81. The van der Waals surface area contributed by atoms with Crippen LogP contribution in [0.1, 0.15) is 45.4 Å². The number of carbonyl (C=O) groups is 3. The number of piperidine rings is 1. The summed E-state index contributed by atoms with van der Waals surface area (Å²) < 4.78 is 0. The Morgan fingerprint density at radius 3 is 2.50 bits per heavy atom. The van der Waals surface area contributed by atoms with E-state index in [1.54, 1.807) is 0 Å². The first-order valence-corrected chi connectivity index (χ1v) is 5.65. The number of nitrogens with zero attached hydrogens (tertiary/aromatic N) is 1. The molecule has 0 atom stereocenters. The van der Waals surface area contributed by atoms with Crippen molar-refractivity contribution in [1.29, 1.82) is 0 Å². The van der Waals surface area contributed by atoms with Gasteiger partial charge in [0.15, 0.2) is 0 Å². The van der Waals surface area contributed by atoms with Crippen molar-refractivity contribution >= 4 is 17.6 Å². The predicted molar refractivity (Wildman–Crippen MR) is 56.1 cm³/mol. The molecule has 16 heavy (non-hydrogen) atoms. The molecule has 2 fully saturated rings. The third-order valence-corrected chi connectivity index (χ3v) is 3.40. The summed E-state index contributed by atoms with van der Waals surface area (Å²) >= 11 is 0. The predicted octanol–water partition coefficient (Wildman–Crippen LogP) is 0.542. The van der Waals surface area contributed by atoms with Crippen LogP contribution in [0.5, 0.6) is 0 Å². The fourth-order valence-corrected chi connectivity index (χ4v) is 2.79. The van der Waals surface area contributed by atoms with E-state index in [4.69, 9.17) is 0 Å². The van der Waals surface area contributed by atoms with Crippen molar-refractivity contribution in [2.24, 2.45) is 0 Å². The van der Waals surface area contributed by atoms with Gasteiger partial charge in [0.2, 0.25) is 11.8 Å². The Morgan fingerprint density at radius 1 is 1.31 bits per heavy atom. The van der Waals surface area contributed by atoms with Crippen LogP contribution in [0, 0.1) is 0 Å². The molecule has 2 rings (SSSR count). The van der Waals surface area contributed by atoms with Crippen LogP contribution in [0.25, 0.3) is 0 Å². The zero-order chi connectivity index (χ0) is 11.8. The molecule has 0 aromatic carbocycles. The van der Waals surface area contributed by atoms with Gasteiger partial charge in [0, 0.05) is 13.3 Å². The molecule has 88 valence electrons. The normalized spacial score (nSPS) is 23.9. The maximum absolute atomic E-state index is 11.8. The van der Waals surface area contributed by atoms with Crippen LogP contribution in [0.3, 0.4) is 0 Å². The van der Waals surface area contributed by atoms with Gasteiger partial charge >= 0.3 is 0 Å². The quantitative estimate of drug-likeness (QED) is 0.661. The van der Waals surface area contributed by atoms with Gasteiger partial charge in [-0.3, -0.25) is 19.8 Å².